The summed E-state index contributed by atoms with van der Waals surface area (Å²) in [6.45, 7) is 0.616. The molecule has 0 spiro atoms. The molecule has 0 radical (unpaired) electrons. The molecule has 1 fully saturated rings. The number of aliphatic hydroxyl groups excluding tert-OH is 1. The van der Waals surface area contributed by atoms with Gasteiger partial charge in [0.25, 0.3) is 6.29 Å². The number of ether oxygens (including phenoxy) is 4. The smallest absolute Gasteiger partial charge is 0.269 e. The Morgan fingerprint density at radius 2 is 2.08 bits per heavy atom. The van der Waals surface area contributed by atoms with Crippen molar-refractivity contribution < 1.29 is 46.5 Å². The van der Waals surface area contributed by atoms with Gasteiger partial charge in [0.15, 0.2) is 27.4 Å². The van der Waals surface area contributed by atoms with Crippen molar-refractivity contribution in [2.45, 2.75) is 55.2 Å². The Kier molecular flexibility index (Phi) is 8.83. The summed E-state index contributed by atoms with van der Waals surface area (Å²) in [5, 5.41) is 31.9. The summed E-state index contributed by atoms with van der Waals surface area (Å²) in [6.07, 6.45) is -0.155. The highest BCUT2D eigenvalue weighted by molar-refractivity contribution is 7.90. The van der Waals surface area contributed by atoms with Crippen LogP contribution in [0, 0.1) is 11.3 Å². The molecule has 1 aromatic heterocycles. The quantitative estimate of drug-likeness (QED) is 0.208. The number of anilines is 1. The zero-order valence-corrected chi connectivity index (χ0v) is 26.9. The number of hydrogen-bond acceptors (Lipinski definition) is 14. The van der Waals surface area contributed by atoms with Crippen LogP contribution in [0.5, 0.6) is 23.0 Å². The van der Waals surface area contributed by atoms with E-state index in [4.69, 9.17) is 28.6 Å². The zero-order chi connectivity index (χ0) is 34.2. The third kappa shape index (κ3) is 6.74. The van der Waals surface area contributed by atoms with E-state index in [9.17, 15) is 18.8 Å². The molecule has 4 aromatic rings. The van der Waals surface area contributed by atoms with E-state index in [0.717, 1.165) is 6.26 Å². The molecule has 3 unspecified atom stereocenters. The maximum Gasteiger partial charge on any atom is 0.269 e. The van der Waals surface area contributed by atoms with Crippen LogP contribution in [-0.4, -0.2) is 66.2 Å². The van der Waals surface area contributed by atoms with Gasteiger partial charge in [-0.15, -0.1) is 5.10 Å². The number of hydrogen-bond donors (Lipinski definition) is 3. The molecule has 0 amide bonds. The van der Waals surface area contributed by atoms with Gasteiger partial charge in [-0.25, -0.2) is 17.5 Å². The average Bonchev–Trinajstić information content (AvgIpc) is 3.81. The van der Waals surface area contributed by atoms with Gasteiger partial charge in [-0.05, 0) is 42.5 Å². The normalized spacial score (nSPS) is 22.8. The fourth-order valence-corrected chi connectivity index (χ4v) is 6.79. The van der Waals surface area contributed by atoms with Gasteiger partial charge in [0.05, 0.1) is 54.7 Å². The minimum Gasteiger partial charge on any atom is -0.457 e. The number of para-hydroxylation sites is 1. The molecule has 0 saturated carbocycles. The minimum absolute atomic E-state index is 0.0868. The molecule has 3 N–H and O–H groups in total. The van der Waals surface area contributed by atoms with E-state index in [2.05, 4.69) is 21.3 Å². The molecule has 3 aliphatic rings. The van der Waals surface area contributed by atoms with Gasteiger partial charge in [-0.3, -0.25) is 9.68 Å². The molecular weight excluding hydrogens is 663 g/mol. The Morgan fingerprint density at radius 3 is 2.88 bits per heavy atom. The summed E-state index contributed by atoms with van der Waals surface area (Å²) < 4.78 is 66.4. The first-order valence-corrected chi connectivity index (χ1v) is 17.2. The van der Waals surface area contributed by atoms with Gasteiger partial charge in [0.2, 0.25) is 5.85 Å². The fourth-order valence-electron chi connectivity index (χ4n) is 5.84. The Morgan fingerprint density at radius 1 is 1.22 bits per heavy atom. The van der Waals surface area contributed by atoms with E-state index in [-0.39, 0.29) is 47.6 Å². The molecule has 4 atom stereocenters. The number of nitrogens with zero attached hydrogens (tertiary/aromatic N) is 4. The molecule has 49 heavy (non-hydrogen) atoms. The Hall–Kier alpha value is -4.83. The second-order valence-corrected chi connectivity index (χ2v) is 13.6. The zero-order valence-electron chi connectivity index (χ0n) is 26.0. The average molecular weight is 695 g/mol. The van der Waals surface area contributed by atoms with Gasteiger partial charge < -0.3 is 29.4 Å². The molecule has 1 aliphatic carbocycles. The summed E-state index contributed by atoms with van der Waals surface area (Å²) in [5.41, 5.74) is 4.02. The molecule has 1 saturated heterocycles. The van der Waals surface area contributed by atoms with Crippen LogP contribution >= 0.6 is 0 Å². The van der Waals surface area contributed by atoms with E-state index in [1.165, 1.54) is 22.9 Å². The lowest BCUT2D eigenvalue weighted by Crippen LogP contribution is -2.43. The molecule has 3 heterocycles. The third-order valence-corrected chi connectivity index (χ3v) is 9.35. The van der Waals surface area contributed by atoms with Crippen LogP contribution in [0.2, 0.25) is 0 Å². The van der Waals surface area contributed by atoms with Crippen molar-refractivity contribution in [1.82, 2.24) is 20.6 Å². The first-order chi connectivity index (χ1) is 23.6. The number of alkyl halides is 1. The van der Waals surface area contributed by atoms with Crippen LogP contribution in [0.3, 0.4) is 0 Å². The highest BCUT2D eigenvalue weighted by atomic mass is 32.2. The van der Waals surface area contributed by atoms with Crippen LogP contribution < -0.4 is 25.2 Å². The predicted molar refractivity (Wildman–Crippen MR) is 167 cm³/mol. The number of sulfone groups is 1. The molecule has 256 valence electrons. The summed E-state index contributed by atoms with van der Waals surface area (Å²) in [6, 6.07) is 16.5. The molecular formula is C32H31FN6O9S. The van der Waals surface area contributed by atoms with E-state index in [1.54, 1.807) is 30.5 Å². The van der Waals surface area contributed by atoms with Gasteiger partial charge in [0, 0.05) is 30.2 Å². The highest BCUT2D eigenvalue weighted by Gasteiger charge is 2.51. The van der Waals surface area contributed by atoms with Crippen molar-refractivity contribution in [3.05, 3.63) is 83.2 Å². The first-order valence-electron chi connectivity index (χ1n) is 15.3. The number of nitrogens with one attached hydrogen (secondary N) is 2. The molecule has 2 aliphatic heterocycles. The number of halogens is 1. The summed E-state index contributed by atoms with van der Waals surface area (Å²) in [7, 11) is -3.85. The van der Waals surface area contributed by atoms with E-state index >= 15 is 4.39 Å². The van der Waals surface area contributed by atoms with Gasteiger partial charge in [-0.1, -0.05) is 23.0 Å². The van der Waals surface area contributed by atoms with Gasteiger partial charge in [0.1, 0.15) is 23.3 Å². The van der Waals surface area contributed by atoms with E-state index in [1.807, 2.05) is 18.2 Å². The molecule has 15 nitrogen and oxygen atoms in total. The predicted octanol–water partition coefficient (Wildman–Crippen LogP) is 3.25. The van der Waals surface area contributed by atoms with Crippen molar-refractivity contribution in [3.63, 3.8) is 0 Å². The van der Waals surface area contributed by atoms with Crippen molar-refractivity contribution in [1.29, 1.82) is 5.26 Å². The second-order valence-electron chi connectivity index (χ2n) is 11.6. The summed E-state index contributed by atoms with van der Waals surface area (Å²) in [4.78, 5) is 10.1. The topological polar surface area (TPSA) is 188 Å². The number of aliphatic hydroxyl groups is 1. The van der Waals surface area contributed by atoms with Crippen molar-refractivity contribution >= 4 is 15.5 Å². The lowest BCUT2D eigenvalue weighted by Gasteiger charge is -2.25. The summed E-state index contributed by atoms with van der Waals surface area (Å²) >= 11 is 0. The lowest BCUT2D eigenvalue weighted by atomic mass is 10.1. The molecule has 3 aromatic carbocycles. The first kappa shape index (κ1) is 32.7. The molecule has 7 rings (SSSR count). The number of nitriles is 1. The Labute approximate surface area is 279 Å². The second kappa shape index (κ2) is 13.2. The van der Waals surface area contributed by atoms with Crippen molar-refractivity contribution in [3.8, 4) is 29.1 Å². The third-order valence-electron chi connectivity index (χ3n) is 8.19. The SMILES string of the molecule is CS(=O)(=O)c1ccc(Oc2cccc(C#N)c2)c2c1[C@H](O)C(F)(OCCn1cc(CNc3cccc4c3OC(C3CCONO3)O4)nn1)C2. The maximum absolute atomic E-state index is 16.3. The van der Waals surface area contributed by atoms with Crippen LogP contribution in [-0.2, 0) is 43.8 Å². The lowest BCUT2D eigenvalue weighted by molar-refractivity contribution is -0.270. The highest BCUT2D eigenvalue weighted by Crippen LogP contribution is 2.49. The van der Waals surface area contributed by atoms with Crippen LogP contribution in [0.15, 0.2) is 65.7 Å². The number of benzene rings is 3. The Balaban J connectivity index is 0.987. The molecule has 17 heteroatoms. The van der Waals surface area contributed by atoms with Crippen LogP contribution in [0.25, 0.3) is 0 Å². The minimum atomic E-state index is -3.85. The van der Waals surface area contributed by atoms with Crippen LogP contribution in [0.4, 0.5) is 10.1 Å². The summed E-state index contributed by atoms with van der Waals surface area (Å²) in [5.74, 6) is -1.12. The van der Waals surface area contributed by atoms with Gasteiger partial charge >= 0.3 is 0 Å². The number of rotatable bonds is 11. The maximum atomic E-state index is 16.3. The Bertz CT molecular complexity index is 2020. The van der Waals surface area contributed by atoms with E-state index < -0.39 is 34.5 Å². The number of aromatic nitrogens is 3. The van der Waals surface area contributed by atoms with E-state index in [0.29, 0.717) is 47.2 Å². The fraction of sp³-hybridized carbons (Fsp3) is 0.344. The van der Waals surface area contributed by atoms with Crippen LogP contribution in [0.1, 0.15) is 34.9 Å². The largest absolute Gasteiger partial charge is 0.457 e. The molecule has 0 bridgehead atoms. The van der Waals surface area contributed by atoms with Gasteiger partial charge in [-0.2, -0.15) is 5.26 Å². The van der Waals surface area contributed by atoms with Crippen molar-refractivity contribution in [2.75, 3.05) is 24.8 Å². The monoisotopic (exact) mass is 694 g/mol. The standard InChI is InChI=1S/C32H31FN6O9S/c1-49(41,42)27-9-8-24(45-21-5-2-4-19(14-21)16-34)22-15-32(33,30(40)28(22)27)43-13-11-39-18-20(36-37-39)17-35-23-6-3-7-25-29(23)47-31(46-25)26-10-12-44-38-48-26/h2-9,14,18,26,30-31,35,38,40H,10-13,15,17H2,1H3/t26?,30-,31?,32?/m0/s1. The number of fused-ring (bicyclic) bond motifs is 2. The van der Waals surface area contributed by atoms with Crippen molar-refractivity contribution in [2.24, 2.45) is 0 Å².